The number of aromatic nitrogens is 3. The van der Waals surface area contributed by atoms with Gasteiger partial charge in [0, 0.05) is 25.2 Å². The van der Waals surface area contributed by atoms with Crippen LogP contribution in [0.25, 0.3) is 5.65 Å². The van der Waals surface area contributed by atoms with E-state index in [1.165, 1.54) is 12.1 Å². The van der Waals surface area contributed by atoms with Gasteiger partial charge in [-0.05, 0) is 55.8 Å². The number of likely N-dealkylation sites (tertiary alicyclic amines) is 1. The number of ether oxygens (including phenoxy) is 1. The van der Waals surface area contributed by atoms with Gasteiger partial charge in [0.05, 0.1) is 0 Å². The van der Waals surface area contributed by atoms with Gasteiger partial charge in [-0.25, -0.2) is 4.39 Å². The van der Waals surface area contributed by atoms with Gasteiger partial charge >= 0.3 is 0 Å². The van der Waals surface area contributed by atoms with E-state index in [-0.39, 0.29) is 12.4 Å². The number of aliphatic hydroxyl groups excluding tert-OH is 1. The Bertz CT molecular complexity index is 883. The van der Waals surface area contributed by atoms with Crippen molar-refractivity contribution >= 4 is 5.65 Å². The molecule has 0 spiro atoms. The molecule has 0 amide bonds. The maximum atomic E-state index is 12.9. The third-order valence-electron chi connectivity index (χ3n) is 4.94. The smallest absolute Gasteiger partial charge is 0.160 e. The SMILES string of the molecule is O[C@@H](COc1ccc(F)cc1)CN1CCC[C@H](c2nnc3ccccn23)C1. The highest BCUT2D eigenvalue weighted by molar-refractivity contribution is 5.37. The number of benzene rings is 1. The third-order valence-corrected chi connectivity index (χ3v) is 4.94. The number of aliphatic hydroxyl groups is 1. The molecule has 2 atom stereocenters. The summed E-state index contributed by atoms with van der Waals surface area (Å²) >= 11 is 0. The molecule has 27 heavy (non-hydrogen) atoms. The fourth-order valence-corrected chi connectivity index (χ4v) is 3.64. The molecule has 2 aromatic heterocycles. The van der Waals surface area contributed by atoms with Crippen LogP contribution in [0.1, 0.15) is 24.6 Å². The van der Waals surface area contributed by atoms with Crippen LogP contribution in [0.5, 0.6) is 5.75 Å². The molecular formula is C20H23FN4O2. The first-order valence-corrected chi connectivity index (χ1v) is 9.27. The van der Waals surface area contributed by atoms with Gasteiger partial charge in [-0.3, -0.25) is 9.30 Å². The molecule has 0 bridgehead atoms. The number of hydrogen-bond donors (Lipinski definition) is 1. The van der Waals surface area contributed by atoms with E-state index in [0.29, 0.717) is 18.2 Å². The lowest BCUT2D eigenvalue weighted by atomic mass is 9.97. The second-order valence-electron chi connectivity index (χ2n) is 7.00. The van der Waals surface area contributed by atoms with Crippen molar-refractivity contribution in [2.24, 2.45) is 0 Å². The second kappa shape index (κ2) is 8.02. The van der Waals surface area contributed by atoms with Gasteiger partial charge in [-0.2, -0.15) is 0 Å². The van der Waals surface area contributed by atoms with Gasteiger partial charge in [0.15, 0.2) is 5.65 Å². The predicted molar refractivity (Wildman–Crippen MR) is 99.3 cm³/mol. The Morgan fingerprint density at radius 3 is 2.89 bits per heavy atom. The monoisotopic (exact) mass is 370 g/mol. The van der Waals surface area contributed by atoms with Crippen molar-refractivity contribution in [1.82, 2.24) is 19.5 Å². The van der Waals surface area contributed by atoms with Crippen LogP contribution in [0, 0.1) is 5.82 Å². The summed E-state index contributed by atoms with van der Waals surface area (Å²) in [5.74, 6) is 1.53. The average Bonchev–Trinajstić information content (AvgIpc) is 3.12. The Balaban J connectivity index is 1.33. The van der Waals surface area contributed by atoms with E-state index >= 15 is 0 Å². The van der Waals surface area contributed by atoms with Crippen LogP contribution in [0.2, 0.25) is 0 Å². The van der Waals surface area contributed by atoms with Gasteiger partial charge < -0.3 is 9.84 Å². The van der Waals surface area contributed by atoms with Gasteiger partial charge in [-0.1, -0.05) is 6.07 Å². The topological polar surface area (TPSA) is 62.9 Å². The molecular weight excluding hydrogens is 347 g/mol. The van der Waals surface area contributed by atoms with Crippen molar-refractivity contribution in [3.63, 3.8) is 0 Å². The van der Waals surface area contributed by atoms with E-state index in [2.05, 4.69) is 15.1 Å². The van der Waals surface area contributed by atoms with Crippen molar-refractivity contribution in [1.29, 1.82) is 0 Å². The highest BCUT2D eigenvalue weighted by atomic mass is 19.1. The van der Waals surface area contributed by atoms with Gasteiger partial charge in [0.1, 0.15) is 30.1 Å². The van der Waals surface area contributed by atoms with Crippen LogP contribution in [-0.4, -0.2) is 56.9 Å². The summed E-state index contributed by atoms with van der Waals surface area (Å²) in [5, 5.41) is 19.0. The summed E-state index contributed by atoms with van der Waals surface area (Å²) < 4.78 is 20.5. The van der Waals surface area contributed by atoms with Crippen LogP contribution in [0.4, 0.5) is 4.39 Å². The average molecular weight is 370 g/mol. The van der Waals surface area contributed by atoms with Crippen molar-refractivity contribution in [3.05, 3.63) is 60.3 Å². The molecule has 1 N–H and O–H groups in total. The zero-order chi connectivity index (χ0) is 18.6. The molecule has 1 fully saturated rings. The molecule has 0 radical (unpaired) electrons. The normalized spacial score (nSPS) is 19.3. The number of rotatable bonds is 6. The molecule has 4 rings (SSSR count). The Morgan fingerprint density at radius 1 is 1.19 bits per heavy atom. The molecule has 0 aliphatic carbocycles. The lowest BCUT2D eigenvalue weighted by molar-refractivity contribution is 0.0577. The van der Waals surface area contributed by atoms with E-state index in [1.807, 2.05) is 28.8 Å². The molecule has 7 heteroatoms. The van der Waals surface area contributed by atoms with Gasteiger partial charge in [-0.15, -0.1) is 10.2 Å². The van der Waals surface area contributed by atoms with E-state index in [1.54, 1.807) is 12.1 Å². The minimum Gasteiger partial charge on any atom is -0.491 e. The molecule has 1 saturated heterocycles. The second-order valence-corrected chi connectivity index (χ2v) is 7.00. The first kappa shape index (κ1) is 17.9. The summed E-state index contributed by atoms with van der Waals surface area (Å²) in [5.41, 5.74) is 0.859. The van der Waals surface area contributed by atoms with Crippen molar-refractivity contribution in [3.8, 4) is 5.75 Å². The number of pyridine rings is 1. The lowest BCUT2D eigenvalue weighted by Gasteiger charge is -2.33. The van der Waals surface area contributed by atoms with Crippen molar-refractivity contribution in [2.75, 3.05) is 26.2 Å². The molecule has 0 saturated carbocycles. The Labute approximate surface area is 157 Å². The Kier molecular flexibility index (Phi) is 5.31. The summed E-state index contributed by atoms with van der Waals surface area (Å²) in [7, 11) is 0. The number of halogens is 1. The fraction of sp³-hybridized carbons (Fsp3) is 0.400. The largest absolute Gasteiger partial charge is 0.491 e. The standard InChI is InChI=1S/C20H23FN4O2/c21-16-6-8-18(9-7-16)27-14-17(26)13-24-10-3-4-15(12-24)20-23-22-19-5-1-2-11-25(19)20/h1-2,5-9,11,15,17,26H,3-4,10,12-14H2/t15-,17+/m0/s1. The minimum atomic E-state index is -0.607. The molecule has 1 aromatic carbocycles. The zero-order valence-electron chi connectivity index (χ0n) is 15.0. The first-order chi connectivity index (χ1) is 13.2. The Morgan fingerprint density at radius 2 is 2.04 bits per heavy atom. The van der Waals surface area contributed by atoms with Crippen LogP contribution in [0.15, 0.2) is 48.7 Å². The number of hydrogen-bond acceptors (Lipinski definition) is 5. The molecule has 0 unspecified atom stereocenters. The quantitative estimate of drug-likeness (QED) is 0.722. The molecule has 142 valence electrons. The van der Waals surface area contributed by atoms with Crippen LogP contribution < -0.4 is 4.74 Å². The Hall–Kier alpha value is -2.51. The third kappa shape index (κ3) is 4.26. The van der Waals surface area contributed by atoms with E-state index in [0.717, 1.165) is 37.4 Å². The highest BCUT2D eigenvalue weighted by Crippen LogP contribution is 2.26. The maximum absolute atomic E-state index is 12.9. The summed E-state index contributed by atoms with van der Waals surface area (Å²) in [6.07, 6.45) is 3.50. The molecule has 3 aromatic rings. The number of nitrogens with zero attached hydrogens (tertiary/aromatic N) is 4. The van der Waals surface area contributed by atoms with E-state index in [9.17, 15) is 9.50 Å². The van der Waals surface area contributed by atoms with Gasteiger partial charge in [0.2, 0.25) is 0 Å². The van der Waals surface area contributed by atoms with Crippen LogP contribution >= 0.6 is 0 Å². The van der Waals surface area contributed by atoms with Crippen LogP contribution in [0.3, 0.4) is 0 Å². The molecule has 3 heterocycles. The van der Waals surface area contributed by atoms with Crippen LogP contribution in [-0.2, 0) is 0 Å². The molecule has 6 nitrogen and oxygen atoms in total. The van der Waals surface area contributed by atoms with Crippen molar-refractivity contribution < 1.29 is 14.2 Å². The number of piperidine rings is 1. The molecule has 1 aliphatic rings. The summed E-state index contributed by atoms with van der Waals surface area (Å²) in [6.45, 7) is 2.50. The minimum absolute atomic E-state index is 0.181. The van der Waals surface area contributed by atoms with E-state index in [4.69, 9.17) is 4.74 Å². The number of fused-ring (bicyclic) bond motifs is 1. The van der Waals surface area contributed by atoms with Crippen molar-refractivity contribution in [2.45, 2.75) is 24.9 Å². The summed E-state index contributed by atoms with van der Waals surface area (Å²) in [4.78, 5) is 2.25. The predicted octanol–water partition coefficient (Wildman–Crippen LogP) is 2.49. The number of β-amino-alcohol motifs (C(OH)–C–C–N with tert-alkyl or cyclic N) is 1. The molecule has 1 aliphatic heterocycles. The maximum Gasteiger partial charge on any atom is 0.160 e. The summed E-state index contributed by atoms with van der Waals surface area (Å²) in [6, 6.07) is 11.7. The fourth-order valence-electron chi connectivity index (χ4n) is 3.64. The zero-order valence-corrected chi connectivity index (χ0v) is 15.0. The lowest BCUT2D eigenvalue weighted by Crippen LogP contribution is -2.41. The highest BCUT2D eigenvalue weighted by Gasteiger charge is 2.26. The van der Waals surface area contributed by atoms with E-state index < -0.39 is 6.10 Å². The first-order valence-electron chi connectivity index (χ1n) is 9.27. The van der Waals surface area contributed by atoms with Gasteiger partial charge in [0.25, 0.3) is 0 Å².